The van der Waals surface area contributed by atoms with E-state index in [9.17, 15) is 39.3 Å². The lowest BCUT2D eigenvalue weighted by molar-refractivity contribution is -0.136. The molecule has 4 aliphatic rings. The first-order valence-electron chi connectivity index (χ1n) is 10.9. The summed E-state index contributed by atoms with van der Waals surface area (Å²) in [5.41, 5.74) is 0.597. The normalized spacial score (nSPS) is 35.1. The minimum atomic E-state index is -1.18. The van der Waals surface area contributed by atoms with Gasteiger partial charge in [0, 0.05) is 30.7 Å². The standard InChI is InChI=1S/C22H23N3O8/c26-13-5-4-12(20(31)24-13)25-21(32)9-3-1-2-8(14(9)22(25)33)7-23-19(30)10-6-11-16(27)15(10)18(29)17(11)28/h1-3,10-12,15-18,27-29H,4-7H2,(H,23,30)(H,24,26,31)/t10-,11?,12?,15?,16-,17?,18-/m0/s1. The molecule has 0 radical (unpaired) electrons. The number of carbonyl (C=O) groups is 5. The number of nitrogens with zero attached hydrogens (tertiary/aromatic N) is 1. The van der Waals surface area contributed by atoms with E-state index >= 15 is 0 Å². The number of carbonyl (C=O) groups excluding carboxylic acids is 5. The number of piperidine rings is 1. The van der Waals surface area contributed by atoms with Gasteiger partial charge in [0.25, 0.3) is 11.8 Å². The molecule has 0 spiro atoms. The summed E-state index contributed by atoms with van der Waals surface area (Å²) >= 11 is 0. The van der Waals surface area contributed by atoms with Crippen LogP contribution in [0.3, 0.4) is 0 Å². The molecule has 33 heavy (non-hydrogen) atoms. The quantitative estimate of drug-likeness (QED) is 0.325. The van der Waals surface area contributed by atoms with E-state index in [2.05, 4.69) is 10.6 Å². The average Bonchev–Trinajstić information content (AvgIpc) is 3.32. The number of hydrogen-bond acceptors (Lipinski definition) is 8. The SMILES string of the molecule is O=C1CCC(N2C(=O)c3cccc(CNC(=O)[C@H]4CC5C(O)[C@@H](O)C4[C@H]5O)c3C2=O)C(=O)N1. The van der Waals surface area contributed by atoms with Crippen molar-refractivity contribution in [2.45, 2.75) is 50.2 Å². The monoisotopic (exact) mass is 457 g/mol. The first-order valence-corrected chi connectivity index (χ1v) is 10.9. The third-order valence-corrected chi connectivity index (χ3v) is 7.35. The summed E-state index contributed by atoms with van der Waals surface area (Å²) in [6, 6.07) is 3.55. The van der Waals surface area contributed by atoms with Crippen molar-refractivity contribution in [1.82, 2.24) is 15.5 Å². The van der Waals surface area contributed by atoms with Gasteiger partial charge in [-0.25, -0.2) is 0 Å². The Morgan fingerprint density at radius 3 is 2.48 bits per heavy atom. The van der Waals surface area contributed by atoms with Gasteiger partial charge in [-0.1, -0.05) is 12.1 Å². The van der Waals surface area contributed by atoms with E-state index in [-0.39, 0.29) is 36.9 Å². The first kappa shape index (κ1) is 21.7. The van der Waals surface area contributed by atoms with Gasteiger partial charge >= 0.3 is 0 Å². The summed E-state index contributed by atoms with van der Waals surface area (Å²) in [5, 5.41) is 35.1. The van der Waals surface area contributed by atoms with Crippen LogP contribution in [0.25, 0.3) is 0 Å². The maximum absolute atomic E-state index is 13.1. The summed E-state index contributed by atoms with van der Waals surface area (Å²) in [6.07, 6.45) is -2.91. The van der Waals surface area contributed by atoms with E-state index in [1.54, 1.807) is 12.1 Å². The zero-order chi connectivity index (χ0) is 23.6. The minimum Gasteiger partial charge on any atom is -0.392 e. The van der Waals surface area contributed by atoms with Crippen LogP contribution in [-0.4, -0.2) is 74.1 Å². The van der Waals surface area contributed by atoms with Gasteiger partial charge in [-0.15, -0.1) is 0 Å². The average molecular weight is 457 g/mol. The van der Waals surface area contributed by atoms with Crippen LogP contribution < -0.4 is 10.6 Å². The topological polar surface area (TPSA) is 173 Å². The molecule has 0 aromatic heterocycles. The van der Waals surface area contributed by atoms with Gasteiger partial charge in [0.2, 0.25) is 17.7 Å². The van der Waals surface area contributed by atoms with Crippen molar-refractivity contribution in [3.05, 3.63) is 34.9 Å². The van der Waals surface area contributed by atoms with Crippen molar-refractivity contribution < 1.29 is 39.3 Å². The summed E-state index contributed by atoms with van der Waals surface area (Å²) in [7, 11) is 0. The molecule has 174 valence electrons. The van der Waals surface area contributed by atoms with Crippen molar-refractivity contribution in [3.8, 4) is 0 Å². The van der Waals surface area contributed by atoms with Gasteiger partial charge in [0.05, 0.1) is 29.4 Å². The Kier molecular flexibility index (Phi) is 5.07. The van der Waals surface area contributed by atoms with Gasteiger partial charge in [-0.2, -0.15) is 0 Å². The van der Waals surface area contributed by atoms with Crippen molar-refractivity contribution in [2.24, 2.45) is 17.8 Å². The number of hydrogen-bond donors (Lipinski definition) is 5. The molecule has 2 heterocycles. The Morgan fingerprint density at radius 2 is 1.82 bits per heavy atom. The number of aliphatic hydroxyl groups excluding tert-OH is 3. The molecule has 1 aromatic carbocycles. The minimum absolute atomic E-state index is 0.0165. The van der Waals surface area contributed by atoms with Gasteiger partial charge in [0.1, 0.15) is 6.04 Å². The molecule has 5 amide bonds. The number of aliphatic hydroxyl groups is 3. The number of fused-ring (bicyclic) bond motifs is 3. The van der Waals surface area contributed by atoms with Crippen LogP contribution in [0.15, 0.2) is 18.2 Å². The highest BCUT2D eigenvalue weighted by atomic mass is 16.3. The largest absolute Gasteiger partial charge is 0.392 e. The smallest absolute Gasteiger partial charge is 0.262 e. The zero-order valence-corrected chi connectivity index (χ0v) is 17.4. The maximum Gasteiger partial charge on any atom is 0.262 e. The van der Waals surface area contributed by atoms with Gasteiger partial charge < -0.3 is 20.6 Å². The van der Waals surface area contributed by atoms with Crippen LogP contribution in [0, 0.1) is 17.8 Å². The fourth-order valence-electron chi connectivity index (χ4n) is 5.70. The van der Waals surface area contributed by atoms with E-state index in [0.717, 1.165) is 4.90 Å². The van der Waals surface area contributed by atoms with Crippen LogP contribution in [0.1, 0.15) is 45.5 Å². The van der Waals surface area contributed by atoms with Gasteiger partial charge in [0.15, 0.2) is 0 Å². The van der Waals surface area contributed by atoms with Gasteiger partial charge in [-0.05, 0) is 24.5 Å². The lowest BCUT2D eigenvalue weighted by Gasteiger charge is -2.28. The third kappa shape index (κ3) is 3.18. The van der Waals surface area contributed by atoms with Crippen LogP contribution in [0.2, 0.25) is 0 Å². The highest BCUT2D eigenvalue weighted by Crippen LogP contribution is 2.48. The van der Waals surface area contributed by atoms with Crippen LogP contribution in [0.5, 0.6) is 0 Å². The summed E-state index contributed by atoms with van der Waals surface area (Å²) in [4.78, 5) is 63.3. The molecule has 1 saturated heterocycles. The van der Waals surface area contributed by atoms with E-state index in [4.69, 9.17) is 0 Å². The number of imide groups is 2. The van der Waals surface area contributed by atoms with Crippen molar-refractivity contribution in [2.75, 3.05) is 0 Å². The number of nitrogens with one attached hydrogen (secondary N) is 2. The highest BCUT2D eigenvalue weighted by molar-refractivity contribution is 6.24. The Labute approximate surface area is 187 Å². The van der Waals surface area contributed by atoms with Crippen molar-refractivity contribution >= 4 is 29.5 Å². The van der Waals surface area contributed by atoms with Crippen LogP contribution in [-0.2, 0) is 20.9 Å². The lowest BCUT2D eigenvalue weighted by Crippen LogP contribution is -2.54. The van der Waals surface area contributed by atoms with Crippen molar-refractivity contribution in [1.29, 1.82) is 0 Å². The Hall–Kier alpha value is -3.15. The molecule has 11 heteroatoms. The highest BCUT2D eigenvalue weighted by Gasteiger charge is 2.60. The molecule has 2 aliphatic carbocycles. The van der Waals surface area contributed by atoms with Crippen LogP contribution >= 0.6 is 0 Å². The molecule has 4 unspecified atom stereocenters. The maximum atomic E-state index is 13.1. The van der Waals surface area contributed by atoms with E-state index < -0.39 is 71.6 Å². The summed E-state index contributed by atoms with van der Waals surface area (Å²) in [6.45, 7) is -0.0765. The molecule has 1 aromatic rings. The summed E-state index contributed by atoms with van der Waals surface area (Å²) in [5.74, 6) is -4.90. The Morgan fingerprint density at radius 1 is 1.06 bits per heavy atom. The molecule has 2 aliphatic heterocycles. The van der Waals surface area contributed by atoms with E-state index in [1.165, 1.54) is 6.07 Å². The molecular formula is C22H23N3O8. The number of benzene rings is 1. The lowest BCUT2D eigenvalue weighted by atomic mass is 9.84. The van der Waals surface area contributed by atoms with Gasteiger partial charge in [-0.3, -0.25) is 34.2 Å². The van der Waals surface area contributed by atoms with Crippen LogP contribution in [0.4, 0.5) is 0 Å². The third-order valence-electron chi connectivity index (χ3n) is 7.35. The van der Waals surface area contributed by atoms with E-state index in [1.807, 2.05) is 0 Å². The first-order chi connectivity index (χ1) is 15.7. The second-order valence-corrected chi connectivity index (χ2v) is 9.06. The zero-order valence-electron chi connectivity index (χ0n) is 17.4. The second-order valence-electron chi connectivity index (χ2n) is 9.06. The van der Waals surface area contributed by atoms with E-state index in [0.29, 0.717) is 5.56 Å². The molecule has 3 fully saturated rings. The fraction of sp³-hybridized carbons (Fsp3) is 0.500. The molecule has 5 rings (SSSR count). The fourth-order valence-corrected chi connectivity index (χ4v) is 5.70. The number of rotatable bonds is 4. The molecule has 2 saturated carbocycles. The Balaban J connectivity index is 1.32. The molecule has 7 atom stereocenters. The molecule has 11 nitrogen and oxygen atoms in total. The molecule has 5 N–H and O–H groups in total. The summed E-state index contributed by atoms with van der Waals surface area (Å²) < 4.78 is 0. The number of amides is 5. The Bertz CT molecular complexity index is 1080. The second kappa shape index (κ2) is 7.72. The molecule has 2 bridgehead atoms. The van der Waals surface area contributed by atoms with Crippen molar-refractivity contribution in [3.63, 3.8) is 0 Å². The predicted octanol–water partition coefficient (Wildman–Crippen LogP) is -1.95. The molecular weight excluding hydrogens is 434 g/mol. The predicted molar refractivity (Wildman–Crippen MR) is 108 cm³/mol.